The number of hydrazine groups is 1. The number of anilines is 1. The fourth-order valence-electron chi connectivity index (χ4n) is 2.95. The van der Waals surface area contributed by atoms with Gasteiger partial charge in [0.05, 0.1) is 18.1 Å². The minimum absolute atomic E-state index is 0.0872. The molecule has 0 aromatic heterocycles. The molecular formula is C20H20BrN3O4. The first-order valence-corrected chi connectivity index (χ1v) is 9.67. The van der Waals surface area contributed by atoms with Gasteiger partial charge in [-0.25, -0.2) is 0 Å². The van der Waals surface area contributed by atoms with Crippen molar-refractivity contribution < 1.29 is 19.1 Å². The number of nitrogens with zero attached hydrogens (tertiary/aromatic N) is 1. The zero-order valence-electron chi connectivity index (χ0n) is 15.3. The van der Waals surface area contributed by atoms with Crippen molar-refractivity contribution in [2.45, 2.75) is 13.3 Å². The fraction of sp³-hybridized carbons (Fsp3) is 0.250. The lowest BCUT2D eigenvalue weighted by atomic mass is 10.1. The highest BCUT2D eigenvalue weighted by Gasteiger charge is 2.35. The van der Waals surface area contributed by atoms with E-state index in [0.29, 0.717) is 22.3 Å². The summed E-state index contributed by atoms with van der Waals surface area (Å²) in [6.45, 7) is 2.72. The number of amides is 3. The minimum Gasteiger partial charge on any atom is -0.494 e. The van der Waals surface area contributed by atoms with Crippen LogP contribution in [-0.4, -0.2) is 30.9 Å². The van der Waals surface area contributed by atoms with E-state index in [1.165, 1.54) is 0 Å². The first-order valence-electron chi connectivity index (χ1n) is 8.87. The number of ether oxygens (including phenoxy) is 1. The average molecular weight is 446 g/mol. The highest BCUT2D eigenvalue weighted by atomic mass is 79.9. The van der Waals surface area contributed by atoms with Crippen LogP contribution in [0.1, 0.15) is 23.7 Å². The van der Waals surface area contributed by atoms with Crippen molar-refractivity contribution >= 4 is 39.3 Å². The van der Waals surface area contributed by atoms with Gasteiger partial charge in [-0.15, -0.1) is 0 Å². The van der Waals surface area contributed by atoms with Gasteiger partial charge >= 0.3 is 0 Å². The zero-order chi connectivity index (χ0) is 20.1. The summed E-state index contributed by atoms with van der Waals surface area (Å²) < 4.78 is 6.02. The van der Waals surface area contributed by atoms with E-state index in [1.54, 1.807) is 53.4 Å². The molecule has 3 rings (SSSR count). The van der Waals surface area contributed by atoms with E-state index in [-0.39, 0.29) is 18.9 Å². The summed E-state index contributed by atoms with van der Waals surface area (Å²) in [6.07, 6.45) is 0.0872. The lowest BCUT2D eigenvalue weighted by Crippen LogP contribution is -2.45. The second kappa shape index (κ2) is 8.88. The van der Waals surface area contributed by atoms with Crippen LogP contribution in [-0.2, 0) is 9.59 Å². The van der Waals surface area contributed by atoms with Gasteiger partial charge in [-0.3, -0.25) is 25.2 Å². The predicted molar refractivity (Wildman–Crippen MR) is 108 cm³/mol. The number of benzene rings is 2. The van der Waals surface area contributed by atoms with E-state index in [1.807, 2.05) is 6.92 Å². The number of carbonyl (C=O) groups is 3. The molecule has 0 aliphatic carbocycles. The molecule has 28 heavy (non-hydrogen) atoms. The molecule has 8 heteroatoms. The molecule has 2 aromatic carbocycles. The molecule has 0 unspecified atom stereocenters. The monoisotopic (exact) mass is 445 g/mol. The quantitative estimate of drug-likeness (QED) is 0.692. The Kier molecular flexibility index (Phi) is 6.30. The molecule has 1 aliphatic heterocycles. The predicted octanol–water partition coefficient (Wildman–Crippen LogP) is 2.66. The van der Waals surface area contributed by atoms with Crippen LogP contribution in [0.3, 0.4) is 0 Å². The van der Waals surface area contributed by atoms with Gasteiger partial charge in [0.1, 0.15) is 5.75 Å². The molecule has 1 saturated heterocycles. The summed E-state index contributed by atoms with van der Waals surface area (Å²) in [5, 5.41) is 0. The molecule has 1 heterocycles. The molecule has 0 radical (unpaired) electrons. The SMILES string of the molecule is CCOc1ccc(N2C[C@@H](C(=O)NNC(=O)c3ccccc3Br)CC2=O)cc1. The molecule has 1 aliphatic rings. The standard InChI is InChI=1S/C20H20BrN3O4/c1-2-28-15-9-7-14(8-10-15)24-12-13(11-18(24)25)19(26)22-23-20(27)16-5-3-4-6-17(16)21/h3-10,13H,2,11-12H2,1H3,(H,22,26)(H,23,27)/t13-/m0/s1. The van der Waals surface area contributed by atoms with E-state index >= 15 is 0 Å². The fourth-order valence-corrected chi connectivity index (χ4v) is 3.42. The van der Waals surface area contributed by atoms with Crippen molar-refractivity contribution in [1.29, 1.82) is 0 Å². The van der Waals surface area contributed by atoms with Gasteiger partial charge < -0.3 is 9.64 Å². The Morgan fingerprint density at radius 3 is 2.54 bits per heavy atom. The summed E-state index contributed by atoms with van der Waals surface area (Å²) in [6, 6.07) is 14.1. The summed E-state index contributed by atoms with van der Waals surface area (Å²) in [5.41, 5.74) is 5.92. The number of carbonyl (C=O) groups excluding carboxylic acids is 3. The first-order chi connectivity index (χ1) is 13.5. The highest BCUT2D eigenvalue weighted by molar-refractivity contribution is 9.10. The average Bonchev–Trinajstić information content (AvgIpc) is 3.09. The second-order valence-corrected chi connectivity index (χ2v) is 7.11. The van der Waals surface area contributed by atoms with Crippen LogP contribution in [0.5, 0.6) is 5.75 Å². The third-order valence-electron chi connectivity index (χ3n) is 4.37. The summed E-state index contributed by atoms with van der Waals surface area (Å²) >= 11 is 3.29. The summed E-state index contributed by atoms with van der Waals surface area (Å²) in [5.74, 6) is -0.794. The van der Waals surface area contributed by atoms with Crippen molar-refractivity contribution in [1.82, 2.24) is 10.9 Å². The summed E-state index contributed by atoms with van der Waals surface area (Å²) in [4.78, 5) is 38.5. The van der Waals surface area contributed by atoms with Gasteiger partial charge in [0.15, 0.2) is 0 Å². The van der Waals surface area contributed by atoms with Crippen molar-refractivity contribution in [2.75, 3.05) is 18.1 Å². The van der Waals surface area contributed by atoms with Crippen LogP contribution < -0.4 is 20.5 Å². The topological polar surface area (TPSA) is 87.7 Å². The minimum atomic E-state index is -0.543. The normalized spacial score (nSPS) is 16.0. The van der Waals surface area contributed by atoms with Crippen molar-refractivity contribution in [2.24, 2.45) is 5.92 Å². The Hall–Kier alpha value is -2.87. The third kappa shape index (κ3) is 4.51. The van der Waals surface area contributed by atoms with Crippen molar-refractivity contribution in [3.05, 3.63) is 58.6 Å². The molecule has 0 bridgehead atoms. The lowest BCUT2D eigenvalue weighted by Gasteiger charge is -2.17. The van der Waals surface area contributed by atoms with Crippen LogP contribution in [0.15, 0.2) is 53.0 Å². The molecule has 1 fully saturated rings. The van der Waals surface area contributed by atoms with Gasteiger partial charge in [0, 0.05) is 23.1 Å². The maximum Gasteiger partial charge on any atom is 0.270 e. The van der Waals surface area contributed by atoms with E-state index in [9.17, 15) is 14.4 Å². The molecule has 2 N–H and O–H groups in total. The Labute approximate surface area is 171 Å². The maximum absolute atomic E-state index is 12.4. The molecule has 0 spiro atoms. The number of nitrogens with one attached hydrogen (secondary N) is 2. The van der Waals surface area contributed by atoms with Gasteiger partial charge in [-0.2, -0.15) is 0 Å². The van der Waals surface area contributed by atoms with E-state index < -0.39 is 17.7 Å². The van der Waals surface area contributed by atoms with Crippen LogP contribution in [0.4, 0.5) is 5.69 Å². The third-order valence-corrected chi connectivity index (χ3v) is 5.06. The van der Waals surface area contributed by atoms with Crippen LogP contribution in [0.2, 0.25) is 0 Å². The highest BCUT2D eigenvalue weighted by Crippen LogP contribution is 2.27. The molecule has 1 atom stereocenters. The molecule has 3 amide bonds. The number of hydrogen-bond acceptors (Lipinski definition) is 4. The largest absolute Gasteiger partial charge is 0.494 e. The molecule has 146 valence electrons. The van der Waals surface area contributed by atoms with Crippen LogP contribution in [0, 0.1) is 5.92 Å². The smallest absolute Gasteiger partial charge is 0.270 e. The zero-order valence-corrected chi connectivity index (χ0v) is 16.9. The van der Waals surface area contributed by atoms with Crippen LogP contribution in [0.25, 0.3) is 0 Å². The molecule has 7 nitrogen and oxygen atoms in total. The maximum atomic E-state index is 12.4. The van der Waals surface area contributed by atoms with E-state index in [4.69, 9.17) is 4.74 Å². The Morgan fingerprint density at radius 2 is 1.86 bits per heavy atom. The van der Waals surface area contributed by atoms with Gasteiger partial charge in [-0.05, 0) is 59.3 Å². The molecule has 2 aromatic rings. The van der Waals surface area contributed by atoms with Gasteiger partial charge in [-0.1, -0.05) is 12.1 Å². The van der Waals surface area contributed by atoms with Crippen LogP contribution >= 0.6 is 15.9 Å². The molecule has 0 saturated carbocycles. The molecular weight excluding hydrogens is 426 g/mol. The Balaban J connectivity index is 1.57. The number of rotatable bonds is 5. The van der Waals surface area contributed by atoms with Crippen molar-refractivity contribution in [3.63, 3.8) is 0 Å². The van der Waals surface area contributed by atoms with Crippen molar-refractivity contribution in [3.8, 4) is 5.75 Å². The number of halogens is 1. The van der Waals surface area contributed by atoms with Gasteiger partial charge in [0.2, 0.25) is 11.8 Å². The Bertz CT molecular complexity index is 885. The number of hydrogen-bond donors (Lipinski definition) is 2. The van der Waals surface area contributed by atoms with E-state index in [2.05, 4.69) is 26.8 Å². The lowest BCUT2D eigenvalue weighted by molar-refractivity contribution is -0.126. The Morgan fingerprint density at radius 1 is 1.14 bits per heavy atom. The van der Waals surface area contributed by atoms with Gasteiger partial charge in [0.25, 0.3) is 5.91 Å². The van der Waals surface area contributed by atoms with E-state index in [0.717, 1.165) is 5.75 Å². The first kappa shape index (κ1) is 19.9. The second-order valence-electron chi connectivity index (χ2n) is 6.26. The summed E-state index contributed by atoms with van der Waals surface area (Å²) in [7, 11) is 0.